The van der Waals surface area contributed by atoms with Crippen LogP contribution >= 0.6 is 15.9 Å². The van der Waals surface area contributed by atoms with Crippen LogP contribution in [0.1, 0.15) is 12.0 Å². The highest BCUT2D eigenvalue weighted by atomic mass is 79.9. The van der Waals surface area contributed by atoms with E-state index in [-0.39, 0.29) is 17.1 Å². The molecule has 0 spiro atoms. The van der Waals surface area contributed by atoms with E-state index in [2.05, 4.69) is 21.7 Å². The van der Waals surface area contributed by atoms with Gasteiger partial charge in [0, 0.05) is 10.9 Å². The number of amides is 1. The zero-order valence-corrected chi connectivity index (χ0v) is 16.6. The molecule has 0 saturated heterocycles. The third-order valence-corrected chi connectivity index (χ3v) is 4.86. The van der Waals surface area contributed by atoms with Gasteiger partial charge in [-0.25, -0.2) is 4.79 Å². The largest absolute Gasteiger partial charge is 0.481 e. The number of primary amides is 1. The lowest BCUT2D eigenvalue weighted by Gasteiger charge is -2.08. The maximum Gasteiger partial charge on any atom is 0.394 e. The Hall–Kier alpha value is -2.92. The van der Waals surface area contributed by atoms with Crippen molar-refractivity contribution in [3.8, 4) is 5.75 Å². The molecule has 0 fully saturated rings. The van der Waals surface area contributed by atoms with Crippen molar-refractivity contribution in [2.24, 2.45) is 5.73 Å². The number of aryl methyl sites for hydroxylation is 1. The molecule has 4 N–H and O–H groups in total. The van der Waals surface area contributed by atoms with Crippen LogP contribution in [0.3, 0.4) is 0 Å². The summed E-state index contributed by atoms with van der Waals surface area (Å²) in [6.07, 6.45) is 0.409. The summed E-state index contributed by atoms with van der Waals surface area (Å²) in [5, 5.41) is 16.1. The average Bonchev–Trinajstić information content (AvgIpc) is 2.61. The molecule has 0 aliphatic carbocycles. The minimum Gasteiger partial charge on any atom is -0.481 e. The molecule has 2 aromatic carbocycles. The summed E-state index contributed by atoms with van der Waals surface area (Å²) >= 11 is 3.23. The van der Waals surface area contributed by atoms with Gasteiger partial charge in [-0.05, 0) is 48.4 Å². The maximum atomic E-state index is 12.1. The first-order valence-electron chi connectivity index (χ1n) is 7.55. The van der Waals surface area contributed by atoms with E-state index in [1.165, 1.54) is 24.3 Å². The van der Waals surface area contributed by atoms with Crippen molar-refractivity contribution < 1.29 is 37.2 Å². The van der Waals surface area contributed by atoms with Gasteiger partial charge in [-0.1, -0.05) is 28.1 Å². The second-order valence-corrected chi connectivity index (χ2v) is 7.66. The molecule has 0 aliphatic heterocycles. The molecule has 11 heteroatoms. The molecule has 1 amide bonds. The Morgan fingerprint density at radius 2 is 1.46 bits per heavy atom. The average molecular weight is 474 g/mol. The van der Waals surface area contributed by atoms with Crippen molar-refractivity contribution in [3.63, 3.8) is 0 Å². The number of carbonyl (C=O) groups excluding carboxylic acids is 1. The molecular weight excluding hydrogens is 458 g/mol. The molecule has 0 radical (unpaired) electrons. The van der Waals surface area contributed by atoms with Gasteiger partial charge in [-0.3, -0.25) is 9.59 Å². The molecule has 0 atom stereocenters. The highest BCUT2D eigenvalue weighted by Gasteiger charge is 2.16. The van der Waals surface area contributed by atoms with Crippen molar-refractivity contribution in [3.05, 3.63) is 58.6 Å². The molecule has 150 valence electrons. The molecule has 0 saturated carbocycles. The van der Waals surface area contributed by atoms with Gasteiger partial charge < -0.3 is 20.1 Å². The lowest BCUT2D eigenvalue weighted by atomic mass is 10.1. The van der Waals surface area contributed by atoms with Crippen LogP contribution < -0.4 is 9.92 Å². The van der Waals surface area contributed by atoms with E-state index >= 15 is 0 Å². The van der Waals surface area contributed by atoms with E-state index in [9.17, 15) is 22.8 Å². The SMILES string of the molecule is NC(=O)C(=O)O.O=C(O)CCc1ccc(OS(=O)(=O)c2ccc(Br)cc2)cc1. The standard InChI is InChI=1S/C15H13BrO5S.C2H3NO3/c16-12-4-8-14(9-5-12)22(19,20)21-13-6-1-11(2-7-13)3-10-15(17)18;3-1(4)2(5)6/h1-2,4-9H,3,10H2,(H,17,18);(H2,3,4)(H,5,6). The van der Waals surface area contributed by atoms with Crippen molar-refractivity contribution in [1.82, 2.24) is 0 Å². The molecule has 0 aromatic heterocycles. The van der Waals surface area contributed by atoms with E-state index in [4.69, 9.17) is 14.4 Å². The van der Waals surface area contributed by atoms with E-state index in [1.807, 2.05) is 0 Å². The lowest BCUT2D eigenvalue weighted by Crippen LogP contribution is -2.21. The Labute approximate surface area is 169 Å². The fraction of sp³-hybridized carbons (Fsp3) is 0.118. The van der Waals surface area contributed by atoms with Gasteiger partial charge in [0.25, 0.3) is 0 Å². The van der Waals surface area contributed by atoms with Crippen LogP contribution in [0.4, 0.5) is 0 Å². The first kappa shape index (κ1) is 23.1. The quantitative estimate of drug-likeness (QED) is 0.422. The van der Waals surface area contributed by atoms with Gasteiger partial charge in [0.15, 0.2) is 0 Å². The number of hydrogen-bond donors (Lipinski definition) is 3. The molecule has 0 heterocycles. The van der Waals surface area contributed by atoms with Gasteiger partial charge in [-0.2, -0.15) is 8.42 Å². The van der Waals surface area contributed by atoms with E-state index in [0.29, 0.717) is 6.42 Å². The third kappa shape index (κ3) is 8.18. The minimum absolute atomic E-state index is 0.0252. The van der Waals surface area contributed by atoms with Gasteiger partial charge >= 0.3 is 28.0 Å². The molecule has 2 aromatic rings. The van der Waals surface area contributed by atoms with Crippen molar-refractivity contribution in [2.75, 3.05) is 0 Å². The third-order valence-electron chi connectivity index (χ3n) is 3.07. The summed E-state index contributed by atoms with van der Waals surface area (Å²) in [7, 11) is -3.88. The number of rotatable bonds is 6. The number of carbonyl (C=O) groups is 3. The Kier molecular flexibility index (Phi) is 8.61. The monoisotopic (exact) mass is 473 g/mol. The topological polar surface area (TPSA) is 161 Å². The number of nitrogens with two attached hydrogens (primary N) is 1. The highest BCUT2D eigenvalue weighted by Crippen LogP contribution is 2.21. The fourth-order valence-corrected chi connectivity index (χ4v) is 2.93. The lowest BCUT2D eigenvalue weighted by molar-refractivity contribution is -0.148. The number of carboxylic acids is 2. The fourth-order valence-electron chi connectivity index (χ4n) is 1.74. The summed E-state index contributed by atoms with van der Waals surface area (Å²) in [5.41, 5.74) is 5.00. The van der Waals surface area contributed by atoms with Crippen LogP contribution in [0.5, 0.6) is 5.75 Å². The summed E-state index contributed by atoms with van der Waals surface area (Å²) < 4.78 is 30.0. The van der Waals surface area contributed by atoms with E-state index < -0.39 is 28.0 Å². The maximum absolute atomic E-state index is 12.1. The molecule has 28 heavy (non-hydrogen) atoms. The first-order chi connectivity index (χ1) is 13.0. The van der Waals surface area contributed by atoms with Crippen molar-refractivity contribution in [2.45, 2.75) is 17.7 Å². The minimum atomic E-state index is -3.88. The van der Waals surface area contributed by atoms with Gasteiger partial charge in [0.1, 0.15) is 10.6 Å². The Balaban J connectivity index is 0.000000568. The van der Waals surface area contributed by atoms with Gasteiger partial charge in [0.05, 0.1) is 0 Å². The summed E-state index contributed by atoms with van der Waals surface area (Å²) in [6.45, 7) is 0. The van der Waals surface area contributed by atoms with E-state index in [1.54, 1.807) is 24.3 Å². The molecule has 2 rings (SSSR count). The van der Waals surface area contributed by atoms with E-state index in [0.717, 1.165) is 10.0 Å². The molecule has 0 bridgehead atoms. The highest BCUT2D eigenvalue weighted by molar-refractivity contribution is 9.10. The van der Waals surface area contributed by atoms with Crippen LogP contribution in [0.2, 0.25) is 0 Å². The zero-order chi connectivity index (χ0) is 21.3. The number of carboxylic acid groups (broad SMARTS) is 2. The predicted molar refractivity (Wildman–Crippen MR) is 101 cm³/mol. The Morgan fingerprint density at radius 3 is 1.89 bits per heavy atom. The Bertz CT molecular complexity index is 928. The Morgan fingerprint density at radius 1 is 0.964 bits per heavy atom. The molecular formula is C17H16BrNO8S. The normalized spacial score (nSPS) is 10.3. The van der Waals surface area contributed by atoms with Crippen LogP contribution in [-0.2, 0) is 30.9 Å². The van der Waals surface area contributed by atoms with Crippen LogP contribution in [0.25, 0.3) is 0 Å². The molecule has 0 unspecified atom stereocenters. The van der Waals surface area contributed by atoms with Crippen molar-refractivity contribution in [1.29, 1.82) is 0 Å². The zero-order valence-electron chi connectivity index (χ0n) is 14.2. The summed E-state index contributed by atoms with van der Waals surface area (Å²) in [4.78, 5) is 29.1. The predicted octanol–water partition coefficient (Wildman–Crippen LogP) is 1.79. The second kappa shape index (κ2) is 10.4. The number of benzene rings is 2. The smallest absolute Gasteiger partial charge is 0.394 e. The summed E-state index contributed by atoms with van der Waals surface area (Å²) in [6, 6.07) is 12.4. The van der Waals surface area contributed by atoms with Crippen molar-refractivity contribution >= 4 is 43.9 Å². The molecule has 9 nitrogen and oxygen atoms in total. The summed E-state index contributed by atoms with van der Waals surface area (Å²) in [5.74, 6) is -3.62. The van der Waals surface area contributed by atoms with Gasteiger partial charge in [0.2, 0.25) is 0 Å². The number of aliphatic carboxylic acids is 2. The van der Waals surface area contributed by atoms with Crippen LogP contribution in [0.15, 0.2) is 57.9 Å². The second-order valence-electron chi connectivity index (χ2n) is 5.20. The van der Waals surface area contributed by atoms with Crippen LogP contribution in [0, 0.1) is 0 Å². The molecule has 0 aliphatic rings. The first-order valence-corrected chi connectivity index (χ1v) is 9.75. The van der Waals surface area contributed by atoms with Crippen LogP contribution in [-0.4, -0.2) is 36.5 Å². The number of halogens is 1. The van der Waals surface area contributed by atoms with Gasteiger partial charge in [-0.15, -0.1) is 0 Å². The number of hydrogen-bond acceptors (Lipinski definition) is 6.